The van der Waals surface area contributed by atoms with Gasteiger partial charge in [-0.2, -0.15) is 0 Å². The van der Waals surface area contributed by atoms with Crippen LogP contribution in [-0.2, 0) is 14.6 Å². The first-order chi connectivity index (χ1) is 8.06. The summed E-state index contributed by atoms with van der Waals surface area (Å²) in [5.74, 6) is -0.0889. The van der Waals surface area contributed by atoms with Gasteiger partial charge in [-0.1, -0.05) is 27.7 Å². The predicted molar refractivity (Wildman–Crippen MR) is 74.0 cm³/mol. The van der Waals surface area contributed by atoms with Crippen LogP contribution < -0.4 is 11.1 Å². The van der Waals surface area contributed by atoms with Gasteiger partial charge in [-0.3, -0.25) is 4.79 Å². The van der Waals surface area contributed by atoms with E-state index < -0.39 is 9.84 Å². The molecule has 0 saturated carbocycles. The van der Waals surface area contributed by atoms with Crippen molar-refractivity contribution in [1.29, 1.82) is 0 Å². The van der Waals surface area contributed by atoms with Gasteiger partial charge in [0, 0.05) is 24.8 Å². The van der Waals surface area contributed by atoms with Gasteiger partial charge in [0.25, 0.3) is 0 Å². The maximum atomic E-state index is 11.5. The molecule has 5 nitrogen and oxygen atoms in total. The van der Waals surface area contributed by atoms with Crippen molar-refractivity contribution in [3.63, 3.8) is 0 Å². The molecule has 3 N–H and O–H groups in total. The molecule has 1 atom stereocenters. The molecule has 6 heteroatoms. The zero-order valence-corrected chi connectivity index (χ0v) is 12.6. The summed E-state index contributed by atoms with van der Waals surface area (Å²) >= 11 is 0. The molecule has 0 rings (SSSR count). The maximum absolute atomic E-state index is 11.5. The standard InChI is InChI=1S/C12H26N2O3S/c1-5-18(16,17)7-6-14-11(15)8-10(13)9-12(2,3)4/h10H,5-9,13H2,1-4H3,(H,14,15). The van der Waals surface area contributed by atoms with E-state index in [1.165, 1.54) is 0 Å². The number of rotatable bonds is 7. The Labute approximate surface area is 110 Å². The quantitative estimate of drug-likeness (QED) is 0.717. The maximum Gasteiger partial charge on any atom is 0.221 e. The lowest BCUT2D eigenvalue weighted by Crippen LogP contribution is -2.36. The van der Waals surface area contributed by atoms with Gasteiger partial charge in [0.2, 0.25) is 5.91 Å². The Morgan fingerprint density at radius 1 is 1.33 bits per heavy atom. The van der Waals surface area contributed by atoms with Gasteiger partial charge in [0.15, 0.2) is 9.84 Å². The number of carbonyl (C=O) groups excluding carboxylic acids is 1. The van der Waals surface area contributed by atoms with Crippen molar-refractivity contribution in [3.05, 3.63) is 0 Å². The highest BCUT2D eigenvalue weighted by Gasteiger charge is 2.18. The zero-order chi connectivity index (χ0) is 14.4. The molecular weight excluding hydrogens is 252 g/mol. The zero-order valence-electron chi connectivity index (χ0n) is 11.8. The smallest absolute Gasteiger partial charge is 0.221 e. The van der Waals surface area contributed by atoms with E-state index in [-0.39, 0.29) is 41.8 Å². The molecule has 0 aromatic carbocycles. The molecule has 0 aromatic rings. The molecule has 0 aliphatic rings. The monoisotopic (exact) mass is 278 g/mol. The molecule has 1 unspecified atom stereocenters. The summed E-state index contributed by atoms with van der Waals surface area (Å²) in [6.45, 7) is 7.96. The van der Waals surface area contributed by atoms with Gasteiger partial charge in [0.05, 0.1) is 5.75 Å². The molecule has 1 amide bonds. The fraction of sp³-hybridized carbons (Fsp3) is 0.917. The Hall–Kier alpha value is -0.620. The highest BCUT2D eigenvalue weighted by molar-refractivity contribution is 7.91. The van der Waals surface area contributed by atoms with E-state index in [1.54, 1.807) is 6.92 Å². The SMILES string of the molecule is CCS(=O)(=O)CCNC(=O)CC(N)CC(C)(C)C. The van der Waals surface area contributed by atoms with E-state index in [4.69, 9.17) is 5.73 Å². The second-order valence-corrected chi connectivity index (χ2v) is 8.29. The van der Waals surface area contributed by atoms with E-state index in [2.05, 4.69) is 26.1 Å². The van der Waals surface area contributed by atoms with Gasteiger partial charge < -0.3 is 11.1 Å². The second kappa shape index (κ2) is 7.09. The van der Waals surface area contributed by atoms with Crippen LogP contribution in [0.1, 0.15) is 40.5 Å². The van der Waals surface area contributed by atoms with E-state index >= 15 is 0 Å². The highest BCUT2D eigenvalue weighted by atomic mass is 32.2. The van der Waals surface area contributed by atoms with Crippen LogP contribution in [-0.4, -0.2) is 38.4 Å². The topological polar surface area (TPSA) is 89.3 Å². The van der Waals surface area contributed by atoms with E-state index in [0.717, 1.165) is 6.42 Å². The minimum absolute atomic E-state index is 0.0102. The number of amides is 1. The average molecular weight is 278 g/mol. The van der Waals surface area contributed by atoms with Crippen molar-refractivity contribution in [2.75, 3.05) is 18.1 Å². The van der Waals surface area contributed by atoms with Crippen LogP contribution in [0, 0.1) is 5.41 Å². The molecule has 0 heterocycles. The molecule has 0 spiro atoms. The van der Waals surface area contributed by atoms with E-state index in [1.807, 2.05) is 0 Å². The van der Waals surface area contributed by atoms with Crippen molar-refractivity contribution in [2.24, 2.45) is 11.1 Å². The van der Waals surface area contributed by atoms with Crippen LogP contribution in [0.4, 0.5) is 0 Å². The summed E-state index contributed by atoms with van der Waals surface area (Å²) in [5.41, 5.74) is 5.95. The Balaban J connectivity index is 3.92. The van der Waals surface area contributed by atoms with Gasteiger partial charge in [0.1, 0.15) is 0 Å². The molecule has 18 heavy (non-hydrogen) atoms. The Bertz CT molecular complexity index is 358. The van der Waals surface area contributed by atoms with Crippen molar-refractivity contribution in [2.45, 2.75) is 46.6 Å². The van der Waals surface area contributed by atoms with Crippen LogP contribution in [0.2, 0.25) is 0 Å². The van der Waals surface area contributed by atoms with Crippen LogP contribution in [0.25, 0.3) is 0 Å². The van der Waals surface area contributed by atoms with Crippen LogP contribution in [0.15, 0.2) is 0 Å². The number of hydrogen-bond acceptors (Lipinski definition) is 4. The third kappa shape index (κ3) is 9.41. The third-order valence-corrected chi connectivity index (χ3v) is 4.20. The molecule has 0 aromatic heterocycles. The van der Waals surface area contributed by atoms with Gasteiger partial charge in [-0.25, -0.2) is 8.42 Å². The fourth-order valence-electron chi connectivity index (χ4n) is 1.66. The van der Waals surface area contributed by atoms with Crippen molar-refractivity contribution >= 4 is 15.7 Å². The van der Waals surface area contributed by atoms with Gasteiger partial charge >= 0.3 is 0 Å². The van der Waals surface area contributed by atoms with Crippen molar-refractivity contribution in [1.82, 2.24) is 5.32 Å². The first-order valence-electron chi connectivity index (χ1n) is 6.28. The van der Waals surface area contributed by atoms with Gasteiger partial charge in [-0.05, 0) is 11.8 Å². The molecule has 0 bridgehead atoms. The van der Waals surface area contributed by atoms with Crippen LogP contribution >= 0.6 is 0 Å². The lowest BCUT2D eigenvalue weighted by Gasteiger charge is -2.22. The lowest BCUT2D eigenvalue weighted by atomic mass is 9.87. The largest absolute Gasteiger partial charge is 0.355 e. The van der Waals surface area contributed by atoms with Crippen LogP contribution in [0.5, 0.6) is 0 Å². The molecule has 0 saturated heterocycles. The Morgan fingerprint density at radius 2 is 1.89 bits per heavy atom. The molecular formula is C12H26N2O3S. The molecule has 0 fully saturated rings. The summed E-state index contributed by atoms with van der Waals surface area (Å²) in [5, 5.41) is 2.59. The lowest BCUT2D eigenvalue weighted by molar-refractivity contribution is -0.121. The van der Waals surface area contributed by atoms with E-state index in [9.17, 15) is 13.2 Å². The average Bonchev–Trinajstić information content (AvgIpc) is 2.13. The highest BCUT2D eigenvalue weighted by Crippen LogP contribution is 2.20. The number of nitrogens with two attached hydrogens (primary N) is 1. The number of carbonyl (C=O) groups is 1. The third-order valence-electron chi connectivity index (χ3n) is 2.50. The normalized spacial score (nSPS) is 14.3. The minimum Gasteiger partial charge on any atom is -0.355 e. The van der Waals surface area contributed by atoms with Gasteiger partial charge in [-0.15, -0.1) is 0 Å². The predicted octanol–water partition coefficient (Wildman–Crippen LogP) is 0.691. The first kappa shape index (κ1) is 17.4. The molecule has 0 aliphatic carbocycles. The summed E-state index contributed by atoms with van der Waals surface area (Å²) < 4.78 is 22.4. The summed E-state index contributed by atoms with van der Waals surface area (Å²) in [4.78, 5) is 11.5. The first-order valence-corrected chi connectivity index (χ1v) is 8.10. The second-order valence-electron chi connectivity index (χ2n) is 5.82. The number of sulfone groups is 1. The molecule has 108 valence electrons. The number of nitrogens with one attached hydrogen (secondary N) is 1. The van der Waals surface area contributed by atoms with Crippen LogP contribution in [0.3, 0.4) is 0 Å². The van der Waals surface area contributed by atoms with Crippen molar-refractivity contribution < 1.29 is 13.2 Å². The minimum atomic E-state index is -3.02. The summed E-state index contributed by atoms with van der Waals surface area (Å²) in [6.07, 6.45) is 0.997. The molecule has 0 radical (unpaired) electrons. The number of hydrogen-bond donors (Lipinski definition) is 2. The van der Waals surface area contributed by atoms with Crippen molar-refractivity contribution in [3.8, 4) is 0 Å². The Kier molecular flexibility index (Phi) is 6.84. The van der Waals surface area contributed by atoms with E-state index in [0.29, 0.717) is 0 Å². The Morgan fingerprint density at radius 3 is 2.33 bits per heavy atom. The molecule has 0 aliphatic heterocycles. The summed E-state index contributed by atoms with van der Waals surface area (Å²) in [6, 6.07) is -0.187. The summed E-state index contributed by atoms with van der Waals surface area (Å²) in [7, 11) is -3.02. The fourth-order valence-corrected chi connectivity index (χ4v) is 2.36.